The van der Waals surface area contributed by atoms with Gasteiger partial charge in [0.25, 0.3) is 0 Å². The van der Waals surface area contributed by atoms with Gasteiger partial charge in [0.05, 0.1) is 33.1 Å². The van der Waals surface area contributed by atoms with Crippen LogP contribution in [0.4, 0.5) is 27.3 Å². The number of anilines is 1. The number of rotatable bonds is 4. The van der Waals surface area contributed by atoms with Crippen molar-refractivity contribution in [2.45, 2.75) is 24.6 Å². The molecule has 1 aromatic carbocycles. The quantitative estimate of drug-likeness (QED) is 0.388. The van der Waals surface area contributed by atoms with Gasteiger partial charge in [-0.2, -0.15) is 22.2 Å². The summed E-state index contributed by atoms with van der Waals surface area (Å²) in [6, 6.07) is 1.28. The lowest BCUT2D eigenvalue weighted by molar-refractivity contribution is -0.137. The maximum atomic E-state index is 14.3. The summed E-state index contributed by atoms with van der Waals surface area (Å²) in [5.41, 5.74) is 4.58. The average Bonchev–Trinajstić information content (AvgIpc) is 2.81. The molecule has 0 radical (unpaired) electrons. The molecule has 2 N–H and O–H groups in total. The first-order valence-electron chi connectivity index (χ1n) is 6.81. The summed E-state index contributed by atoms with van der Waals surface area (Å²) in [7, 11) is -1.19. The van der Waals surface area contributed by atoms with Crippen molar-refractivity contribution >= 4 is 45.0 Å². The first kappa shape index (κ1) is 20.9. The van der Waals surface area contributed by atoms with Crippen LogP contribution in [0.5, 0.6) is 0 Å². The summed E-state index contributed by atoms with van der Waals surface area (Å²) in [5, 5.41) is 2.13. The molecular weight excluding hydrogens is 424 g/mol. The van der Waals surface area contributed by atoms with Crippen LogP contribution >= 0.6 is 34.1 Å². The topological polar surface area (TPSA) is 53.1 Å². The van der Waals surface area contributed by atoms with E-state index in [1.165, 1.54) is 7.11 Å². The van der Waals surface area contributed by atoms with Crippen LogP contribution in [-0.4, -0.2) is 22.0 Å². The number of halogens is 7. The second kappa shape index (κ2) is 7.71. The molecule has 12 heteroatoms. The van der Waals surface area contributed by atoms with E-state index in [4.69, 9.17) is 33.7 Å². The molecule has 26 heavy (non-hydrogen) atoms. The maximum Gasteiger partial charge on any atom is 0.416 e. The maximum absolute atomic E-state index is 14.3. The number of nitrogens with two attached hydrogens (primary N) is 1. The number of ether oxygens (including phenoxy) is 1. The summed E-state index contributed by atoms with van der Waals surface area (Å²) in [4.78, 5) is -0.279. The van der Waals surface area contributed by atoms with Crippen molar-refractivity contribution in [2.24, 2.45) is 0 Å². The SMILES string of the molecule is COCc1nn(-c2c(Cl)cc(C(F)(F)F)cc2Cl)c(N)c1/S(F)=C(/C)F. The van der Waals surface area contributed by atoms with E-state index >= 15 is 0 Å². The van der Waals surface area contributed by atoms with Crippen molar-refractivity contribution in [3.63, 3.8) is 0 Å². The smallest absolute Gasteiger partial charge is 0.383 e. The molecule has 2 rings (SSSR count). The van der Waals surface area contributed by atoms with Gasteiger partial charge in [0.2, 0.25) is 0 Å². The Labute approximate surface area is 157 Å². The Kier molecular flexibility index (Phi) is 6.21. The molecule has 4 nitrogen and oxygen atoms in total. The lowest BCUT2D eigenvalue weighted by Gasteiger charge is -2.13. The Balaban J connectivity index is 2.74. The van der Waals surface area contributed by atoms with Crippen molar-refractivity contribution in [1.82, 2.24) is 9.78 Å². The molecule has 1 heterocycles. The lowest BCUT2D eigenvalue weighted by Crippen LogP contribution is -2.08. The number of hydrogen-bond acceptors (Lipinski definition) is 3. The van der Waals surface area contributed by atoms with Gasteiger partial charge in [0.1, 0.15) is 22.1 Å². The Morgan fingerprint density at radius 3 is 2.27 bits per heavy atom. The van der Waals surface area contributed by atoms with Crippen LogP contribution in [0.1, 0.15) is 18.2 Å². The third-order valence-corrected chi connectivity index (χ3v) is 5.08. The molecule has 0 saturated carbocycles. The molecule has 1 unspecified atom stereocenters. The van der Waals surface area contributed by atoms with Gasteiger partial charge in [-0.25, -0.2) is 9.07 Å². The number of nitrogens with zero attached hydrogens (tertiary/aromatic N) is 2. The summed E-state index contributed by atoms with van der Waals surface area (Å²) >= 11 is 11.9. The number of aromatic nitrogens is 2. The highest BCUT2D eigenvalue weighted by molar-refractivity contribution is 8.11. The van der Waals surface area contributed by atoms with E-state index in [1.807, 2.05) is 0 Å². The van der Waals surface area contributed by atoms with Gasteiger partial charge in [0, 0.05) is 7.11 Å². The minimum absolute atomic E-state index is 0.0279. The Hall–Kier alpha value is -1.36. The molecule has 0 fully saturated rings. The average molecular weight is 436 g/mol. The second-order valence-corrected chi connectivity index (χ2v) is 7.32. The third-order valence-electron chi connectivity index (χ3n) is 3.21. The van der Waals surface area contributed by atoms with E-state index < -0.39 is 37.8 Å². The van der Waals surface area contributed by atoms with Crippen LogP contribution in [0.2, 0.25) is 10.0 Å². The molecule has 0 saturated heterocycles. The van der Waals surface area contributed by atoms with Gasteiger partial charge in [-0.15, -0.1) is 0 Å². The largest absolute Gasteiger partial charge is 0.416 e. The van der Waals surface area contributed by atoms with E-state index in [9.17, 15) is 21.4 Å². The first-order valence-corrected chi connectivity index (χ1v) is 8.69. The Bertz CT molecular complexity index is 855. The van der Waals surface area contributed by atoms with Gasteiger partial charge in [-0.05, 0) is 19.1 Å². The highest BCUT2D eigenvalue weighted by Crippen LogP contribution is 2.42. The van der Waals surface area contributed by atoms with Crippen LogP contribution in [0, 0.1) is 0 Å². The van der Waals surface area contributed by atoms with E-state index in [-0.39, 0.29) is 28.7 Å². The zero-order valence-corrected chi connectivity index (χ0v) is 15.6. The second-order valence-electron chi connectivity index (χ2n) is 5.02. The van der Waals surface area contributed by atoms with E-state index in [1.54, 1.807) is 0 Å². The summed E-state index contributed by atoms with van der Waals surface area (Å²) in [6.45, 7) is 0.720. The van der Waals surface area contributed by atoms with E-state index in [0.717, 1.165) is 11.6 Å². The van der Waals surface area contributed by atoms with Gasteiger partial charge >= 0.3 is 6.18 Å². The number of nitrogen functional groups attached to an aromatic ring is 1. The van der Waals surface area contributed by atoms with Crippen LogP contribution in [0.25, 0.3) is 5.69 Å². The number of alkyl halides is 3. The van der Waals surface area contributed by atoms with Gasteiger partial charge in [-0.3, -0.25) is 0 Å². The van der Waals surface area contributed by atoms with Gasteiger partial charge in [0.15, 0.2) is 5.12 Å². The highest BCUT2D eigenvalue weighted by Gasteiger charge is 2.33. The summed E-state index contributed by atoms with van der Waals surface area (Å²) in [5.74, 6) is -0.344. The molecule has 1 aromatic heterocycles. The molecule has 0 bridgehead atoms. The van der Waals surface area contributed by atoms with Crippen LogP contribution < -0.4 is 5.73 Å². The minimum atomic E-state index is -4.67. The highest BCUT2D eigenvalue weighted by atomic mass is 35.5. The van der Waals surface area contributed by atoms with Gasteiger partial charge in [-0.1, -0.05) is 23.2 Å². The molecule has 0 aliphatic carbocycles. The summed E-state index contributed by atoms with van der Waals surface area (Å²) in [6.07, 6.45) is -4.67. The van der Waals surface area contributed by atoms with Crippen LogP contribution in [-0.2, 0) is 17.5 Å². The fraction of sp³-hybridized carbons (Fsp3) is 0.286. The standard InChI is InChI=1S/C14H12Cl2F5N3OS/c1-6(17)26(21)12-10(5-25-2)23-24(13(12)22)11-8(15)3-7(4-9(11)16)14(18,19)20/h3-4H,5,22H2,1-2H3. The number of benzene rings is 1. The molecule has 2 aromatic rings. The molecule has 0 aliphatic rings. The molecule has 0 amide bonds. The zero-order chi connectivity index (χ0) is 19.8. The zero-order valence-electron chi connectivity index (χ0n) is 13.3. The predicted molar refractivity (Wildman–Crippen MR) is 92.5 cm³/mol. The first-order chi connectivity index (χ1) is 12.0. The Morgan fingerprint density at radius 2 is 1.85 bits per heavy atom. The van der Waals surface area contributed by atoms with Crippen molar-refractivity contribution in [3.05, 3.63) is 33.4 Å². The minimum Gasteiger partial charge on any atom is -0.383 e. The van der Waals surface area contributed by atoms with Crippen molar-refractivity contribution in [3.8, 4) is 5.69 Å². The number of hydrogen-bond donors (Lipinski definition) is 1. The molecular formula is C14H12Cl2F5N3OS. The fourth-order valence-electron chi connectivity index (χ4n) is 2.13. The van der Waals surface area contributed by atoms with E-state index in [2.05, 4.69) is 5.10 Å². The monoisotopic (exact) mass is 435 g/mol. The molecule has 0 aliphatic heterocycles. The molecule has 1 atom stereocenters. The Morgan fingerprint density at radius 1 is 1.31 bits per heavy atom. The van der Waals surface area contributed by atoms with E-state index in [0.29, 0.717) is 12.1 Å². The van der Waals surface area contributed by atoms with Gasteiger partial charge < -0.3 is 10.5 Å². The number of methoxy groups -OCH3 is 1. The molecule has 0 spiro atoms. The van der Waals surface area contributed by atoms with Crippen molar-refractivity contribution < 1.29 is 26.2 Å². The molecule has 144 valence electrons. The van der Waals surface area contributed by atoms with Crippen LogP contribution in [0.3, 0.4) is 0 Å². The van der Waals surface area contributed by atoms with Crippen LogP contribution in [0.15, 0.2) is 17.0 Å². The third kappa shape index (κ3) is 3.98. The summed E-state index contributed by atoms with van der Waals surface area (Å²) < 4.78 is 72.0. The normalized spacial score (nSPS) is 13.8. The predicted octanol–water partition coefficient (Wildman–Crippen LogP) is 5.56. The fourth-order valence-corrected chi connectivity index (χ4v) is 3.64. The lowest BCUT2D eigenvalue weighted by atomic mass is 10.2. The van der Waals surface area contributed by atoms with Crippen molar-refractivity contribution in [1.29, 1.82) is 0 Å². The van der Waals surface area contributed by atoms with Crippen molar-refractivity contribution in [2.75, 3.05) is 12.8 Å².